The van der Waals surface area contributed by atoms with E-state index < -0.39 is 0 Å². The summed E-state index contributed by atoms with van der Waals surface area (Å²) in [5.74, 6) is 0.425. The van der Waals surface area contributed by atoms with Crippen molar-refractivity contribution >= 4 is 40.4 Å². The maximum Gasteiger partial charge on any atom is 0.265 e. The van der Waals surface area contributed by atoms with Crippen LogP contribution in [0.4, 0.5) is 5.69 Å². The van der Waals surface area contributed by atoms with E-state index in [9.17, 15) is 9.59 Å². The normalized spacial score (nSPS) is 13.4. The van der Waals surface area contributed by atoms with Crippen molar-refractivity contribution in [1.82, 2.24) is 5.32 Å². The van der Waals surface area contributed by atoms with Gasteiger partial charge in [-0.05, 0) is 24.3 Å². The van der Waals surface area contributed by atoms with E-state index in [1.807, 2.05) is 30.3 Å². The van der Waals surface area contributed by atoms with Crippen molar-refractivity contribution in [3.8, 4) is 5.75 Å². The van der Waals surface area contributed by atoms with Crippen LogP contribution in [-0.4, -0.2) is 25.0 Å². The SMILES string of the molecule is O=C(CCN1C(=O)COc2ccccc21)NCc1ccc(Cl)s1. The van der Waals surface area contributed by atoms with E-state index in [2.05, 4.69) is 5.32 Å². The van der Waals surface area contributed by atoms with Gasteiger partial charge in [-0.15, -0.1) is 11.3 Å². The molecule has 7 heteroatoms. The second kappa shape index (κ2) is 7.02. The van der Waals surface area contributed by atoms with E-state index in [-0.39, 0.29) is 24.8 Å². The van der Waals surface area contributed by atoms with Gasteiger partial charge in [0.25, 0.3) is 5.91 Å². The number of fused-ring (bicyclic) bond motifs is 1. The van der Waals surface area contributed by atoms with Crippen LogP contribution in [0.3, 0.4) is 0 Å². The Hall–Kier alpha value is -2.05. The van der Waals surface area contributed by atoms with E-state index in [1.165, 1.54) is 11.3 Å². The van der Waals surface area contributed by atoms with Crippen molar-refractivity contribution < 1.29 is 14.3 Å². The molecule has 0 bridgehead atoms. The average Bonchev–Trinajstić information content (AvgIpc) is 2.97. The van der Waals surface area contributed by atoms with Crippen LogP contribution in [0.15, 0.2) is 36.4 Å². The van der Waals surface area contributed by atoms with Gasteiger partial charge >= 0.3 is 0 Å². The number of anilines is 1. The Kier molecular flexibility index (Phi) is 4.83. The Bertz CT molecular complexity index is 732. The van der Waals surface area contributed by atoms with Crippen LogP contribution in [0.1, 0.15) is 11.3 Å². The highest BCUT2D eigenvalue weighted by molar-refractivity contribution is 7.16. The minimum Gasteiger partial charge on any atom is -0.482 e. The van der Waals surface area contributed by atoms with Crippen LogP contribution in [-0.2, 0) is 16.1 Å². The van der Waals surface area contributed by atoms with Crippen LogP contribution in [0, 0.1) is 0 Å². The molecular formula is C16H15ClN2O3S. The van der Waals surface area contributed by atoms with Crippen molar-refractivity contribution in [3.63, 3.8) is 0 Å². The molecule has 2 aromatic rings. The van der Waals surface area contributed by atoms with Crippen LogP contribution in [0.2, 0.25) is 4.34 Å². The molecule has 3 rings (SSSR count). The Balaban J connectivity index is 1.55. The number of nitrogens with zero attached hydrogens (tertiary/aromatic N) is 1. The molecule has 0 radical (unpaired) electrons. The monoisotopic (exact) mass is 350 g/mol. The predicted octanol–water partition coefficient (Wildman–Crippen LogP) is 2.83. The smallest absolute Gasteiger partial charge is 0.265 e. The molecule has 120 valence electrons. The molecule has 2 amide bonds. The Morgan fingerprint density at radius 1 is 1.30 bits per heavy atom. The molecule has 23 heavy (non-hydrogen) atoms. The van der Waals surface area contributed by atoms with Gasteiger partial charge in [0.15, 0.2) is 6.61 Å². The number of hydrogen-bond donors (Lipinski definition) is 1. The molecule has 2 heterocycles. The molecule has 0 unspecified atom stereocenters. The first-order valence-electron chi connectivity index (χ1n) is 7.16. The summed E-state index contributed by atoms with van der Waals surface area (Å²) < 4.78 is 6.08. The molecule has 0 aliphatic carbocycles. The number of rotatable bonds is 5. The zero-order valence-corrected chi connectivity index (χ0v) is 13.8. The molecule has 0 atom stereocenters. The number of para-hydroxylation sites is 2. The number of hydrogen-bond acceptors (Lipinski definition) is 4. The predicted molar refractivity (Wildman–Crippen MR) is 90.1 cm³/mol. The second-order valence-corrected chi connectivity index (χ2v) is 6.83. The van der Waals surface area contributed by atoms with Gasteiger partial charge in [0.1, 0.15) is 5.75 Å². The van der Waals surface area contributed by atoms with Crippen LogP contribution in [0.5, 0.6) is 5.75 Å². The Morgan fingerprint density at radius 2 is 2.13 bits per heavy atom. The summed E-state index contributed by atoms with van der Waals surface area (Å²) in [5.41, 5.74) is 0.710. The fraction of sp³-hybridized carbons (Fsp3) is 0.250. The van der Waals surface area contributed by atoms with E-state index in [4.69, 9.17) is 16.3 Å². The lowest BCUT2D eigenvalue weighted by Gasteiger charge is -2.29. The van der Waals surface area contributed by atoms with Crippen molar-refractivity contribution in [2.75, 3.05) is 18.1 Å². The number of carbonyl (C=O) groups excluding carboxylic acids is 2. The van der Waals surface area contributed by atoms with Gasteiger partial charge < -0.3 is 15.0 Å². The number of thiophene rings is 1. The maximum atomic E-state index is 12.0. The first-order chi connectivity index (χ1) is 11.1. The minimum absolute atomic E-state index is 0.00628. The van der Waals surface area contributed by atoms with Gasteiger partial charge in [-0.25, -0.2) is 0 Å². The van der Waals surface area contributed by atoms with E-state index >= 15 is 0 Å². The highest BCUT2D eigenvalue weighted by atomic mass is 35.5. The topological polar surface area (TPSA) is 58.6 Å². The highest BCUT2D eigenvalue weighted by Crippen LogP contribution is 2.31. The zero-order valence-electron chi connectivity index (χ0n) is 12.3. The molecule has 0 fully saturated rings. The fourth-order valence-corrected chi connectivity index (χ4v) is 3.36. The summed E-state index contributed by atoms with van der Waals surface area (Å²) in [4.78, 5) is 26.6. The number of benzene rings is 1. The third-order valence-electron chi connectivity index (χ3n) is 3.46. The second-order valence-electron chi connectivity index (χ2n) is 5.03. The van der Waals surface area contributed by atoms with E-state index in [0.717, 1.165) is 4.88 Å². The summed E-state index contributed by atoms with van der Waals surface area (Å²) in [6.07, 6.45) is 0.235. The quantitative estimate of drug-likeness (QED) is 0.902. The van der Waals surface area contributed by atoms with Gasteiger partial charge in [-0.2, -0.15) is 0 Å². The lowest BCUT2D eigenvalue weighted by Crippen LogP contribution is -2.41. The lowest BCUT2D eigenvalue weighted by atomic mass is 10.2. The first kappa shape index (κ1) is 15.8. The van der Waals surface area contributed by atoms with Crippen molar-refractivity contribution in [2.45, 2.75) is 13.0 Å². The summed E-state index contributed by atoms with van der Waals surface area (Å²) in [7, 11) is 0. The zero-order chi connectivity index (χ0) is 16.2. The average molecular weight is 351 g/mol. The lowest BCUT2D eigenvalue weighted by molar-refractivity contribution is -0.122. The maximum absolute atomic E-state index is 12.0. The number of halogens is 1. The Morgan fingerprint density at radius 3 is 2.91 bits per heavy atom. The molecule has 1 aliphatic rings. The first-order valence-corrected chi connectivity index (χ1v) is 8.36. The fourth-order valence-electron chi connectivity index (χ4n) is 2.33. The van der Waals surface area contributed by atoms with E-state index in [1.54, 1.807) is 11.0 Å². The van der Waals surface area contributed by atoms with Crippen LogP contribution < -0.4 is 15.0 Å². The molecular weight excluding hydrogens is 336 g/mol. The number of carbonyl (C=O) groups is 2. The third-order valence-corrected chi connectivity index (χ3v) is 4.69. The largest absolute Gasteiger partial charge is 0.482 e. The van der Waals surface area contributed by atoms with Gasteiger partial charge in [0.2, 0.25) is 5.91 Å². The summed E-state index contributed by atoms with van der Waals surface area (Å²) in [5, 5.41) is 2.83. The molecule has 1 aromatic carbocycles. The molecule has 1 aromatic heterocycles. The van der Waals surface area contributed by atoms with Gasteiger partial charge in [-0.3, -0.25) is 9.59 Å². The standard InChI is InChI=1S/C16H15ClN2O3S/c17-14-6-5-11(23-14)9-18-15(20)7-8-19-12-3-1-2-4-13(12)22-10-16(19)21/h1-6H,7-10H2,(H,18,20). The highest BCUT2D eigenvalue weighted by Gasteiger charge is 2.25. The molecule has 1 aliphatic heterocycles. The molecule has 0 saturated carbocycles. The van der Waals surface area contributed by atoms with Crippen molar-refractivity contribution in [3.05, 3.63) is 45.6 Å². The number of nitrogens with one attached hydrogen (secondary N) is 1. The summed E-state index contributed by atoms with van der Waals surface area (Å²) in [6.45, 7) is 0.784. The summed E-state index contributed by atoms with van der Waals surface area (Å²) in [6, 6.07) is 11.0. The number of ether oxygens (including phenoxy) is 1. The van der Waals surface area contributed by atoms with Gasteiger partial charge in [-0.1, -0.05) is 23.7 Å². The van der Waals surface area contributed by atoms with Gasteiger partial charge in [0, 0.05) is 17.8 Å². The number of amides is 2. The van der Waals surface area contributed by atoms with Crippen LogP contribution in [0.25, 0.3) is 0 Å². The molecule has 0 saturated heterocycles. The van der Waals surface area contributed by atoms with Crippen molar-refractivity contribution in [1.29, 1.82) is 0 Å². The van der Waals surface area contributed by atoms with Gasteiger partial charge in [0.05, 0.1) is 16.6 Å². The summed E-state index contributed by atoms with van der Waals surface area (Å²) >= 11 is 7.29. The van der Waals surface area contributed by atoms with Crippen LogP contribution >= 0.6 is 22.9 Å². The minimum atomic E-state index is -0.137. The molecule has 1 N–H and O–H groups in total. The van der Waals surface area contributed by atoms with Crippen molar-refractivity contribution in [2.24, 2.45) is 0 Å². The molecule has 0 spiro atoms. The Labute approximate surface area is 142 Å². The van der Waals surface area contributed by atoms with E-state index in [0.29, 0.717) is 28.9 Å². The molecule has 5 nitrogen and oxygen atoms in total. The third kappa shape index (κ3) is 3.83.